The lowest BCUT2D eigenvalue weighted by atomic mass is 9.96. The molecule has 0 fully saturated rings. The van der Waals surface area contributed by atoms with Gasteiger partial charge in [0, 0.05) is 24.7 Å². The van der Waals surface area contributed by atoms with Gasteiger partial charge in [0.05, 0.1) is 24.9 Å². The molecule has 0 spiro atoms. The summed E-state index contributed by atoms with van der Waals surface area (Å²) in [7, 11) is 0. The number of aromatic nitrogens is 2. The molecule has 0 aliphatic carbocycles. The van der Waals surface area contributed by atoms with Gasteiger partial charge in [0.25, 0.3) is 0 Å². The molecule has 3 amide bonds. The van der Waals surface area contributed by atoms with Crippen molar-refractivity contribution in [2.45, 2.75) is 77.0 Å². The van der Waals surface area contributed by atoms with E-state index in [1.807, 2.05) is 117 Å². The fourth-order valence-corrected chi connectivity index (χ4v) is 6.12. The normalized spacial score (nSPS) is 13.3. The maximum atomic E-state index is 14.2. The number of aromatic amines is 1. The van der Waals surface area contributed by atoms with Crippen LogP contribution in [0.15, 0.2) is 116 Å². The van der Waals surface area contributed by atoms with Crippen molar-refractivity contribution in [1.29, 1.82) is 0 Å². The summed E-state index contributed by atoms with van der Waals surface area (Å²) in [6.45, 7) is 3.92. The van der Waals surface area contributed by atoms with Crippen LogP contribution in [-0.4, -0.2) is 63.2 Å². The number of imidazole rings is 1. The van der Waals surface area contributed by atoms with E-state index in [0.717, 1.165) is 27.5 Å². The Labute approximate surface area is 314 Å². The molecule has 5 rings (SSSR count). The highest BCUT2D eigenvalue weighted by Gasteiger charge is 2.32. The van der Waals surface area contributed by atoms with E-state index in [9.17, 15) is 24.3 Å². The Hall–Kier alpha value is -6.01. The van der Waals surface area contributed by atoms with Crippen molar-refractivity contribution in [2.24, 2.45) is 5.92 Å². The number of amides is 3. The molecule has 282 valence electrons. The van der Waals surface area contributed by atoms with E-state index in [4.69, 9.17) is 9.47 Å². The second-order valence-electron chi connectivity index (χ2n) is 13.6. The zero-order chi connectivity index (χ0) is 38.3. The zero-order valence-electron chi connectivity index (χ0n) is 30.4. The molecular weight excluding hydrogens is 686 g/mol. The number of ether oxygens (including phenoxy) is 2. The molecule has 5 aromatic rings. The molecule has 54 heavy (non-hydrogen) atoms. The van der Waals surface area contributed by atoms with Gasteiger partial charge in [0.2, 0.25) is 11.8 Å². The number of rotatable bonds is 18. The Kier molecular flexibility index (Phi) is 14.3. The SMILES string of the molecule is CC(C)C[C@H](NC(=O)[C@H](Cc1cnc[nH]1)NC(=O)[C@@H](Cc1cccc2ccccc12)NC(=O)OCc1ccccc1)[C@@H](O)CC(=O)OCc1ccccc1. The van der Waals surface area contributed by atoms with Gasteiger partial charge in [0.1, 0.15) is 25.3 Å². The van der Waals surface area contributed by atoms with Crippen molar-refractivity contribution in [3.8, 4) is 0 Å². The fraction of sp³-hybridized carbons (Fsp3) is 0.310. The minimum atomic E-state index is -1.26. The summed E-state index contributed by atoms with van der Waals surface area (Å²) in [4.78, 5) is 61.1. The number of aliphatic hydroxyl groups is 1. The first kappa shape index (κ1) is 39.2. The number of H-pyrrole nitrogens is 1. The van der Waals surface area contributed by atoms with Gasteiger partial charge in [-0.2, -0.15) is 0 Å². The number of esters is 1. The number of alkyl carbamates (subject to hydrolysis) is 1. The number of nitrogens with zero attached hydrogens (tertiary/aromatic N) is 1. The summed E-state index contributed by atoms with van der Waals surface area (Å²) in [6, 6.07) is 28.7. The summed E-state index contributed by atoms with van der Waals surface area (Å²) in [5, 5.41) is 21.5. The number of aliphatic hydroxyl groups excluding tert-OH is 1. The number of fused-ring (bicyclic) bond motifs is 1. The van der Waals surface area contributed by atoms with Crippen LogP contribution in [0.25, 0.3) is 10.8 Å². The van der Waals surface area contributed by atoms with E-state index in [0.29, 0.717) is 12.1 Å². The lowest BCUT2D eigenvalue weighted by Crippen LogP contribution is -2.57. The molecule has 5 N–H and O–H groups in total. The van der Waals surface area contributed by atoms with E-state index in [-0.39, 0.29) is 38.4 Å². The van der Waals surface area contributed by atoms with Crippen LogP contribution in [-0.2, 0) is 49.9 Å². The molecule has 0 saturated carbocycles. The molecule has 12 heteroatoms. The maximum Gasteiger partial charge on any atom is 0.408 e. The Balaban J connectivity index is 1.32. The van der Waals surface area contributed by atoms with Crippen molar-refractivity contribution in [1.82, 2.24) is 25.9 Å². The lowest BCUT2D eigenvalue weighted by Gasteiger charge is -2.28. The average molecular weight is 734 g/mol. The van der Waals surface area contributed by atoms with Crippen molar-refractivity contribution >= 4 is 34.6 Å². The average Bonchev–Trinajstić information content (AvgIpc) is 3.69. The Morgan fingerprint density at radius 3 is 2.00 bits per heavy atom. The third kappa shape index (κ3) is 12.0. The van der Waals surface area contributed by atoms with E-state index in [1.165, 1.54) is 6.33 Å². The Bertz CT molecular complexity index is 1950. The van der Waals surface area contributed by atoms with Gasteiger partial charge in [-0.3, -0.25) is 14.4 Å². The number of hydrogen-bond donors (Lipinski definition) is 5. The minimum Gasteiger partial charge on any atom is -0.461 e. The molecule has 4 atom stereocenters. The zero-order valence-corrected chi connectivity index (χ0v) is 30.4. The monoisotopic (exact) mass is 733 g/mol. The van der Waals surface area contributed by atoms with E-state index in [1.54, 1.807) is 6.20 Å². The smallest absolute Gasteiger partial charge is 0.408 e. The first-order valence-corrected chi connectivity index (χ1v) is 18.0. The van der Waals surface area contributed by atoms with Crippen LogP contribution in [0.3, 0.4) is 0 Å². The van der Waals surface area contributed by atoms with Crippen LogP contribution in [0, 0.1) is 5.92 Å². The highest BCUT2D eigenvalue weighted by atomic mass is 16.5. The lowest BCUT2D eigenvalue weighted by molar-refractivity contribution is -0.148. The van der Waals surface area contributed by atoms with E-state index < -0.39 is 48.1 Å². The van der Waals surface area contributed by atoms with Crippen LogP contribution in [0.1, 0.15) is 49.1 Å². The van der Waals surface area contributed by atoms with Gasteiger partial charge in [-0.25, -0.2) is 9.78 Å². The Morgan fingerprint density at radius 1 is 0.722 bits per heavy atom. The fourth-order valence-electron chi connectivity index (χ4n) is 6.12. The Morgan fingerprint density at radius 2 is 1.33 bits per heavy atom. The standard InChI is InChI=1S/C42H47N5O7/c1-28(2)20-35(38(48)23-39(49)53-25-29-12-5-3-6-13-29)45-41(51)37(22-33-24-43-27-44-33)46-40(50)36(47-42(52)54-26-30-14-7-4-8-15-30)21-32-18-11-17-31-16-9-10-19-34(31)32/h3-19,24,27-28,35-38,48H,20-23,25-26H2,1-2H3,(H,43,44)(H,45,51)(H,46,50)(H,47,52)/t35-,36+,37-,38-/m0/s1. The van der Waals surface area contributed by atoms with Gasteiger partial charge < -0.3 is 35.5 Å². The molecule has 0 aliphatic heterocycles. The maximum absolute atomic E-state index is 14.2. The summed E-state index contributed by atoms with van der Waals surface area (Å²) >= 11 is 0. The minimum absolute atomic E-state index is 0.000497. The number of nitrogens with one attached hydrogen (secondary N) is 4. The van der Waals surface area contributed by atoms with Gasteiger partial charge >= 0.3 is 12.1 Å². The molecule has 0 bridgehead atoms. The molecule has 0 saturated heterocycles. The summed E-state index contributed by atoms with van der Waals surface area (Å²) in [6.07, 6.45) is 1.09. The predicted octanol–water partition coefficient (Wildman–Crippen LogP) is 5.15. The molecule has 1 aromatic heterocycles. The topological polar surface area (TPSA) is 172 Å². The van der Waals surface area contributed by atoms with Gasteiger partial charge in [0.15, 0.2) is 0 Å². The molecule has 4 aromatic carbocycles. The van der Waals surface area contributed by atoms with Crippen LogP contribution in [0.5, 0.6) is 0 Å². The molecule has 0 radical (unpaired) electrons. The highest BCUT2D eigenvalue weighted by molar-refractivity contribution is 5.93. The van der Waals surface area contributed by atoms with Crippen LogP contribution in [0.2, 0.25) is 0 Å². The van der Waals surface area contributed by atoms with Crippen molar-refractivity contribution < 1.29 is 33.8 Å². The second-order valence-corrected chi connectivity index (χ2v) is 13.6. The first-order chi connectivity index (χ1) is 26.1. The van der Waals surface area contributed by atoms with Gasteiger partial charge in [-0.15, -0.1) is 0 Å². The van der Waals surface area contributed by atoms with Crippen LogP contribution >= 0.6 is 0 Å². The third-order valence-electron chi connectivity index (χ3n) is 8.87. The molecule has 0 aliphatic rings. The quantitative estimate of drug-likeness (QED) is 0.0770. The number of hydrogen-bond acceptors (Lipinski definition) is 8. The number of carbonyl (C=O) groups is 4. The van der Waals surface area contributed by atoms with Crippen LogP contribution < -0.4 is 16.0 Å². The highest BCUT2D eigenvalue weighted by Crippen LogP contribution is 2.20. The summed E-state index contributed by atoms with van der Waals surface area (Å²) < 4.78 is 10.9. The van der Waals surface area contributed by atoms with Crippen molar-refractivity contribution in [3.63, 3.8) is 0 Å². The third-order valence-corrected chi connectivity index (χ3v) is 8.87. The first-order valence-electron chi connectivity index (χ1n) is 18.0. The largest absolute Gasteiger partial charge is 0.461 e. The van der Waals surface area contributed by atoms with E-state index in [2.05, 4.69) is 25.9 Å². The molecule has 0 unspecified atom stereocenters. The van der Waals surface area contributed by atoms with Gasteiger partial charge in [-0.05, 0) is 39.8 Å². The number of benzene rings is 4. The summed E-state index contributed by atoms with van der Waals surface area (Å²) in [5.74, 6) is -1.78. The van der Waals surface area contributed by atoms with E-state index >= 15 is 0 Å². The summed E-state index contributed by atoms with van der Waals surface area (Å²) in [5.41, 5.74) is 2.97. The van der Waals surface area contributed by atoms with Crippen molar-refractivity contribution in [3.05, 3.63) is 138 Å². The van der Waals surface area contributed by atoms with Gasteiger partial charge in [-0.1, -0.05) is 117 Å². The predicted molar refractivity (Wildman–Crippen MR) is 204 cm³/mol. The molecular formula is C42H47N5O7. The van der Waals surface area contributed by atoms with Crippen molar-refractivity contribution in [2.75, 3.05) is 0 Å². The molecule has 12 nitrogen and oxygen atoms in total. The number of carbonyl (C=O) groups excluding carboxylic acids is 4. The second kappa shape index (κ2) is 19.7. The molecule has 1 heterocycles. The van der Waals surface area contributed by atoms with Crippen LogP contribution in [0.4, 0.5) is 4.79 Å².